The zero-order valence-corrected chi connectivity index (χ0v) is 19.0. The predicted molar refractivity (Wildman–Crippen MR) is 141 cm³/mol. The summed E-state index contributed by atoms with van der Waals surface area (Å²) in [5, 5.41) is 0. The molecule has 0 unspecified atom stereocenters. The molecule has 1 heteroatoms. The van der Waals surface area contributed by atoms with Crippen molar-refractivity contribution in [3.63, 3.8) is 0 Å². The van der Waals surface area contributed by atoms with E-state index in [9.17, 15) is 0 Å². The van der Waals surface area contributed by atoms with Gasteiger partial charge in [-0.15, -0.1) is 0 Å². The summed E-state index contributed by atoms with van der Waals surface area (Å²) in [7, 11) is 2.11. The molecule has 4 aromatic rings. The van der Waals surface area contributed by atoms with Gasteiger partial charge in [0.05, 0.1) is 0 Å². The van der Waals surface area contributed by atoms with E-state index in [1.807, 2.05) is 0 Å². The van der Waals surface area contributed by atoms with E-state index in [0.29, 0.717) is 0 Å². The Kier molecular flexibility index (Phi) is 6.67. The maximum atomic E-state index is 2.21. The predicted octanol–water partition coefficient (Wildman–Crippen LogP) is 8.41. The maximum absolute atomic E-state index is 2.21. The normalized spacial score (nSPS) is 11.3. The minimum Gasteiger partial charge on any atom is -0.345 e. The van der Waals surface area contributed by atoms with Crippen molar-refractivity contribution in [3.8, 4) is 0 Å². The Morgan fingerprint density at radius 2 is 0.844 bits per heavy atom. The molecule has 0 amide bonds. The van der Waals surface area contributed by atoms with E-state index in [2.05, 4.69) is 147 Å². The van der Waals surface area contributed by atoms with Crippen molar-refractivity contribution in [1.29, 1.82) is 0 Å². The first-order valence-electron chi connectivity index (χ1n) is 11.0. The van der Waals surface area contributed by atoms with Gasteiger partial charge in [-0.2, -0.15) is 0 Å². The largest absolute Gasteiger partial charge is 0.345 e. The molecule has 4 rings (SSSR count). The fraction of sp³-hybridized carbons (Fsp3) is 0.0968. The van der Waals surface area contributed by atoms with Gasteiger partial charge in [0.2, 0.25) is 0 Å². The molecule has 0 bridgehead atoms. The second-order valence-electron chi connectivity index (χ2n) is 8.24. The number of rotatable bonds is 6. The summed E-state index contributed by atoms with van der Waals surface area (Å²) in [5.74, 6) is 0. The van der Waals surface area contributed by atoms with Crippen LogP contribution in [0.25, 0.3) is 24.3 Å². The van der Waals surface area contributed by atoms with Gasteiger partial charge in [0, 0.05) is 18.4 Å². The Labute approximate surface area is 192 Å². The molecule has 158 valence electrons. The third kappa shape index (κ3) is 5.65. The van der Waals surface area contributed by atoms with E-state index in [-0.39, 0.29) is 0 Å². The van der Waals surface area contributed by atoms with Crippen LogP contribution in [0.1, 0.15) is 33.4 Å². The fourth-order valence-electron chi connectivity index (χ4n) is 3.70. The van der Waals surface area contributed by atoms with Crippen molar-refractivity contribution >= 4 is 35.7 Å². The maximum Gasteiger partial charge on any atom is 0.0408 e. The molecule has 0 fully saturated rings. The quantitative estimate of drug-likeness (QED) is 0.286. The summed E-state index contributed by atoms with van der Waals surface area (Å²) < 4.78 is 0. The monoisotopic (exact) mass is 415 g/mol. The summed E-state index contributed by atoms with van der Waals surface area (Å²) in [6, 6.07) is 34.4. The molecular formula is C31H29N. The number of hydrogen-bond acceptors (Lipinski definition) is 1. The molecule has 0 heterocycles. The van der Waals surface area contributed by atoms with Gasteiger partial charge < -0.3 is 4.90 Å². The number of benzene rings is 4. The summed E-state index contributed by atoms with van der Waals surface area (Å²) in [6.45, 7) is 4.24. The lowest BCUT2D eigenvalue weighted by molar-refractivity contribution is 1.21. The minimum absolute atomic E-state index is 1.17. The van der Waals surface area contributed by atoms with E-state index in [1.54, 1.807) is 0 Å². The molecule has 1 nitrogen and oxygen atoms in total. The van der Waals surface area contributed by atoms with E-state index < -0.39 is 0 Å². The van der Waals surface area contributed by atoms with Gasteiger partial charge in [-0.3, -0.25) is 0 Å². The zero-order chi connectivity index (χ0) is 22.3. The SMILES string of the molecule is Cc1cccc(C=Cc2ccc(N(C)c3ccc(C=Cc4cccc(C)c4)cc3)cc2)c1. The summed E-state index contributed by atoms with van der Waals surface area (Å²) in [6.07, 6.45) is 8.64. The molecule has 32 heavy (non-hydrogen) atoms. The first kappa shape index (κ1) is 21.4. The molecule has 0 saturated carbocycles. The topological polar surface area (TPSA) is 3.24 Å². The van der Waals surface area contributed by atoms with Crippen LogP contribution in [0.2, 0.25) is 0 Å². The van der Waals surface area contributed by atoms with E-state index in [0.717, 1.165) is 0 Å². The summed E-state index contributed by atoms with van der Waals surface area (Å²) in [5.41, 5.74) is 9.73. The molecule has 0 radical (unpaired) electrons. The van der Waals surface area contributed by atoms with Crippen LogP contribution in [0.3, 0.4) is 0 Å². The van der Waals surface area contributed by atoms with Crippen LogP contribution >= 0.6 is 0 Å². The van der Waals surface area contributed by atoms with Gasteiger partial charge >= 0.3 is 0 Å². The molecule has 4 aromatic carbocycles. The Bertz CT molecular complexity index is 1130. The highest BCUT2D eigenvalue weighted by Gasteiger charge is 2.03. The Morgan fingerprint density at radius 1 is 0.469 bits per heavy atom. The van der Waals surface area contributed by atoms with Crippen molar-refractivity contribution in [2.24, 2.45) is 0 Å². The van der Waals surface area contributed by atoms with Crippen LogP contribution in [0, 0.1) is 13.8 Å². The molecule has 0 aliphatic rings. The van der Waals surface area contributed by atoms with E-state index in [4.69, 9.17) is 0 Å². The second kappa shape index (κ2) is 9.98. The van der Waals surface area contributed by atoms with Crippen molar-refractivity contribution in [2.75, 3.05) is 11.9 Å². The second-order valence-corrected chi connectivity index (χ2v) is 8.24. The minimum atomic E-state index is 1.17. The van der Waals surface area contributed by atoms with Crippen molar-refractivity contribution in [2.45, 2.75) is 13.8 Å². The fourth-order valence-corrected chi connectivity index (χ4v) is 3.70. The van der Waals surface area contributed by atoms with Crippen LogP contribution in [0.4, 0.5) is 11.4 Å². The van der Waals surface area contributed by atoms with Crippen LogP contribution in [0.5, 0.6) is 0 Å². The lowest BCUT2D eigenvalue weighted by Crippen LogP contribution is -2.08. The zero-order valence-electron chi connectivity index (χ0n) is 19.0. The van der Waals surface area contributed by atoms with Crippen LogP contribution in [0.15, 0.2) is 97.1 Å². The van der Waals surface area contributed by atoms with Gasteiger partial charge in [-0.05, 0) is 60.4 Å². The number of aryl methyl sites for hydroxylation is 2. The van der Waals surface area contributed by atoms with E-state index in [1.165, 1.54) is 44.8 Å². The van der Waals surface area contributed by atoms with Gasteiger partial charge in [-0.25, -0.2) is 0 Å². The van der Waals surface area contributed by atoms with Crippen molar-refractivity contribution in [3.05, 3.63) is 130 Å². The van der Waals surface area contributed by atoms with Gasteiger partial charge in [0.1, 0.15) is 0 Å². The Balaban J connectivity index is 1.42. The first-order chi connectivity index (χ1) is 15.6. The standard InChI is InChI=1S/C31H29N/c1-24-6-4-8-28(22-24)12-10-26-14-18-30(19-15-26)32(3)31-20-16-27(17-21-31)11-13-29-9-5-7-25(2)23-29/h4-23H,1-3H3. The number of anilines is 2. The highest BCUT2D eigenvalue weighted by atomic mass is 15.1. The molecule has 0 aliphatic carbocycles. The molecular weight excluding hydrogens is 386 g/mol. The molecule has 0 atom stereocenters. The third-order valence-corrected chi connectivity index (χ3v) is 5.58. The summed E-state index contributed by atoms with van der Waals surface area (Å²) in [4.78, 5) is 2.21. The van der Waals surface area contributed by atoms with Crippen molar-refractivity contribution in [1.82, 2.24) is 0 Å². The van der Waals surface area contributed by atoms with Gasteiger partial charge in [0.25, 0.3) is 0 Å². The smallest absolute Gasteiger partial charge is 0.0408 e. The van der Waals surface area contributed by atoms with Crippen LogP contribution in [-0.2, 0) is 0 Å². The Hall–Kier alpha value is -3.84. The first-order valence-corrected chi connectivity index (χ1v) is 11.0. The van der Waals surface area contributed by atoms with Gasteiger partial charge in [0.15, 0.2) is 0 Å². The van der Waals surface area contributed by atoms with Crippen LogP contribution < -0.4 is 4.90 Å². The lowest BCUT2D eigenvalue weighted by atomic mass is 10.1. The highest BCUT2D eigenvalue weighted by Crippen LogP contribution is 2.25. The number of hydrogen-bond donors (Lipinski definition) is 0. The van der Waals surface area contributed by atoms with Crippen LogP contribution in [-0.4, -0.2) is 7.05 Å². The molecule has 0 N–H and O–H groups in total. The molecule has 0 aromatic heterocycles. The number of nitrogens with zero attached hydrogens (tertiary/aromatic N) is 1. The lowest BCUT2D eigenvalue weighted by Gasteiger charge is -2.20. The van der Waals surface area contributed by atoms with Crippen molar-refractivity contribution < 1.29 is 0 Å². The van der Waals surface area contributed by atoms with E-state index >= 15 is 0 Å². The average molecular weight is 416 g/mol. The molecule has 0 aliphatic heterocycles. The van der Waals surface area contributed by atoms with Gasteiger partial charge in [-0.1, -0.05) is 108 Å². The highest BCUT2D eigenvalue weighted by molar-refractivity contribution is 5.73. The molecule has 0 saturated heterocycles. The average Bonchev–Trinajstić information content (AvgIpc) is 2.82. The third-order valence-electron chi connectivity index (χ3n) is 5.58. The Morgan fingerprint density at radius 3 is 1.22 bits per heavy atom. The summed E-state index contributed by atoms with van der Waals surface area (Å²) >= 11 is 0. The molecule has 0 spiro atoms.